The first-order valence-electron chi connectivity index (χ1n) is 8.96. The van der Waals surface area contributed by atoms with Crippen molar-refractivity contribution < 1.29 is 9.90 Å². The number of nitrogens with two attached hydrogens (primary N) is 1. The first kappa shape index (κ1) is 20.5. The zero-order valence-electron chi connectivity index (χ0n) is 15.1. The smallest absolute Gasteiger partial charge is 0.335 e. The van der Waals surface area contributed by atoms with Crippen LogP contribution in [0.15, 0.2) is 35.3 Å². The molecule has 0 radical (unpaired) electrons. The number of nitrogens with one attached hydrogen (secondary N) is 2. The molecule has 142 valence electrons. The number of carboxylic acid groups (broad SMARTS) is 1. The molecule has 3 rings (SSSR count). The van der Waals surface area contributed by atoms with E-state index in [0.717, 1.165) is 12.0 Å². The van der Waals surface area contributed by atoms with Crippen LogP contribution in [0.25, 0.3) is 0 Å². The van der Waals surface area contributed by atoms with Gasteiger partial charge < -0.3 is 21.1 Å². The zero-order valence-corrected chi connectivity index (χ0v) is 16.7. The Morgan fingerprint density at radius 2 is 2.12 bits per heavy atom. The van der Waals surface area contributed by atoms with E-state index >= 15 is 0 Å². The minimum atomic E-state index is -0.931. The lowest BCUT2D eigenvalue weighted by molar-refractivity contribution is 0.0696. The second-order valence-corrected chi connectivity index (χ2v) is 7.50. The molecular formula is C19H27BrN4O2. The van der Waals surface area contributed by atoms with Crippen LogP contribution in [-0.4, -0.2) is 26.6 Å². The molecule has 2 aromatic rings. The van der Waals surface area contributed by atoms with Gasteiger partial charge in [-0.2, -0.15) is 0 Å². The number of benzene rings is 1. The molecule has 0 bridgehead atoms. The van der Waals surface area contributed by atoms with Gasteiger partial charge in [0.05, 0.1) is 17.6 Å². The third-order valence-electron chi connectivity index (χ3n) is 5.01. The summed E-state index contributed by atoms with van der Waals surface area (Å²) >= 11 is 3.35. The van der Waals surface area contributed by atoms with Crippen molar-refractivity contribution in [1.29, 1.82) is 0 Å². The van der Waals surface area contributed by atoms with Crippen LogP contribution < -0.4 is 11.1 Å². The second-order valence-electron chi connectivity index (χ2n) is 6.64. The van der Waals surface area contributed by atoms with Gasteiger partial charge in [0.2, 0.25) is 0 Å². The van der Waals surface area contributed by atoms with E-state index < -0.39 is 5.97 Å². The Morgan fingerprint density at radius 1 is 1.38 bits per heavy atom. The lowest BCUT2D eigenvalue weighted by Crippen LogP contribution is -2.45. The fourth-order valence-electron chi connectivity index (χ4n) is 3.33. The molecule has 1 aliphatic rings. The number of hydrogen-bond donors (Lipinski definition) is 4. The summed E-state index contributed by atoms with van der Waals surface area (Å²) in [4.78, 5) is 17.6. The molecular weight excluding hydrogens is 396 g/mol. The van der Waals surface area contributed by atoms with Crippen molar-refractivity contribution >= 4 is 27.6 Å². The van der Waals surface area contributed by atoms with Crippen molar-refractivity contribution in [2.75, 3.05) is 5.73 Å². The summed E-state index contributed by atoms with van der Waals surface area (Å²) in [6, 6.07) is 3.22. The predicted molar refractivity (Wildman–Crippen MR) is 107 cm³/mol. The lowest BCUT2D eigenvalue weighted by atomic mass is 9.79. The summed E-state index contributed by atoms with van der Waals surface area (Å²) in [6.07, 6.45) is 12.4. The van der Waals surface area contributed by atoms with E-state index in [9.17, 15) is 4.79 Å². The molecule has 1 heterocycles. The van der Waals surface area contributed by atoms with E-state index in [4.69, 9.17) is 10.8 Å². The molecule has 7 heteroatoms. The maximum absolute atomic E-state index is 11.2. The second kappa shape index (κ2) is 9.73. The van der Waals surface area contributed by atoms with Crippen LogP contribution in [0.3, 0.4) is 0 Å². The van der Waals surface area contributed by atoms with E-state index in [1.165, 1.54) is 32.1 Å². The van der Waals surface area contributed by atoms with Gasteiger partial charge in [-0.15, -0.1) is 0 Å². The number of anilines is 1. The summed E-state index contributed by atoms with van der Waals surface area (Å²) < 4.78 is 0.647. The molecule has 0 amide bonds. The number of carbonyl (C=O) groups is 1. The minimum absolute atomic E-state index is 0.177. The van der Waals surface area contributed by atoms with Crippen LogP contribution in [0.1, 0.15) is 61.4 Å². The number of aromatic nitrogens is 2. The summed E-state index contributed by atoms with van der Waals surface area (Å²) in [5, 5.41) is 12.8. The number of nitrogen functional groups attached to an aromatic ring is 1. The summed E-state index contributed by atoms with van der Waals surface area (Å²) in [5.41, 5.74) is 7.98. The Hall–Kier alpha value is -1.86. The largest absolute Gasteiger partial charge is 0.478 e. The fraction of sp³-hybridized carbons (Fsp3) is 0.474. The highest BCUT2D eigenvalue weighted by atomic mass is 79.9. The molecule has 0 unspecified atom stereocenters. The Bertz CT molecular complexity index is 681. The molecule has 1 aromatic carbocycles. The maximum atomic E-state index is 11.2. The fourth-order valence-corrected chi connectivity index (χ4v) is 3.83. The predicted octanol–water partition coefficient (Wildman–Crippen LogP) is 4.34. The average Bonchev–Trinajstić information content (AvgIpc) is 3.23. The molecule has 6 nitrogen and oxygen atoms in total. The Morgan fingerprint density at radius 3 is 2.62 bits per heavy atom. The number of hydrogen-bond acceptors (Lipinski definition) is 4. The normalized spacial score (nSPS) is 15.8. The van der Waals surface area contributed by atoms with Crippen molar-refractivity contribution in [2.45, 2.75) is 57.5 Å². The summed E-state index contributed by atoms with van der Waals surface area (Å²) in [5.74, 6) is -0.931. The van der Waals surface area contributed by atoms with Crippen LogP contribution in [0.4, 0.5) is 5.69 Å². The quantitative estimate of drug-likeness (QED) is 0.536. The van der Waals surface area contributed by atoms with Crippen LogP contribution in [0.5, 0.6) is 0 Å². The van der Waals surface area contributed by atoms with Gasteiger partial charge in [0.25, 0.3) is 0 Å². The first-order valence-corrected chi connectivity index (χ1v) is 9.76. The average molecular weight is 423 g/mol. The molecule has 5 N–H and O–H groups in total. The van der Waals surface area contributed by atoms with Crippen LogP contribution in [-0.2, 0) is 6.54 Å². The minimum Gasteiger partial charge on any atom is -0.478 e. The van der Waals surface area contributed by atoms with Gasteiger partial charge in [0.1, 0.15) is 0 Å². The van der Waals surface area contributed by atoms with E-state index in [1.54, 1.807) is 30.9 Å². The lowest BCUT2D eigenvalue weighted by Gasteiger charge is -2.38. The molecule has 0 saturated heterocycles. The van der Waals surface area contributed by atoms with E-state index in [-0.39, 0.29) is 11.1 Å². The number of H-pyrrole nitrogens is 1. The van der Waals surface area contributed by atoms with E-state index in [0.29, 0.717) is 16.7 Å². The Kier molecular flexibility index (Phi) is 7.66. The van der Waals surface area contributed by atoms with Crippen molar-refractivity contribution in [3.8, 4) is 0 Å². The summed E-state index contributed by atoms with van der Waals surface area (Å²) in [7, 11) is 0. The maximum Gasteiger partial charge on any atom is 0.335 e. The monoisotopic (exact) mass is 422 g/mol. The SMILES string of the molecule is CCC1(NCc2cc(C(=O)O)cc(Br)c2N)CCCCC1.c1c[nH]cn1. The molecule has 1 aliphatic carbocycles. The van der Waals surface area contributed by atoms with Gasteiger partial charge in [-0.05, 0) is 52.9 Å². The van der Waals surface area contributed by atoms with Gasteiger partial charge >= 0.3 is 5.97 Å². The van der Waals surface area contributed by atoms with E-state index in [1.807, 2.05) is 0 Å². The van der Waals surface area contributed by atoms with Crippen molar-refractivity contribution in [1.82, 2.24) is 15.3 Å². The Labute approximate surface area is 162 Å². The number of rotatable bonds is 5. The molecule has 1 fully saturated rings. The number of halogens is 1. The number of aromatic amines is 1. The van der Waals surface area contributed by atoms with Gasteiger partial charge in [0, 0.05) is 29.0 Å². The molecule has 0 spiro atoms. The highest BCUT2D eigenvalue weighted by Crippen LogP contribution is 2.32. The van der Waals surface area contributed by atoms with Crippen LogP contribution >= 0.6 is 15.9 Å². The number of aromatic carboxylic acids is 1. The molecule has 0 aliphatic heterocycles. The third kappa shape index (κ3) is 5.57. The highest BCUT2D eigenvalue weighted by molar-refractivity contribution is 9.10. The summed E-state index contributed by atoms with van der Waals surface area (Å²) in [6.45, 7) is 2.82. The van der Waals surface area contributed by atoms with Crippen LogP contribution in [0, 0.1) is 0 Å². The molecule has 0 atom stereocenters. The Balaban J connectivity index is 0.000000417. The number of imidazole rings is 1. The molecule has 1 aromatic heterocycles. The van der Waals surface area contributed by atoms with Gasteiger partial charge in [-0.25, -0.2) is 9.78 Å². The highest BCUT2D eigenvalue weighted by Gasteiger charge is 2.29. The van der Waals surface area contributed by atoms with Gasteiger partial charge in [-0.3, -0.25) is 0 Å². The van der Waals surface area contributed by atoms with Gasteiger partial charge in [-0.1, -0.05) is 26.2 Å². The zero-order chi connectivity index (χ0) is 19.0. The topological polar surface area (TPSA) is 104 Å². The number of nitrogens with zero attached hydrogens (tertiary/aromatic N) is 1. The van der Waals surface area contributed by atoms with Crippen molar-refractivity contribution in [3.05, 3.63) is 46.5 Å². The standard InChI is InChI=1S/C16H23BrN2O2.C3H4N2/c1-2-16(6-4-3-5-7-16)19-10-12-8-11(15(20)21)9-13(17)14(12)18;1-2-5-3-4-1/h8-9,19H,2-7,10,18H2,1H3,(H,20,21);1-3H,(H,4,5). The van der Waals surface area contributed by atoms with Crippen LogP contribution in [0.2, 0.25) is 0 Å². The first-order chi connectivity index (χ1) is 12.5. The third-order valence-corrected chi connectivity index (χ3v) is 5.67. The van der Waals surface area contributed by atoms with Crippen molar-refractivity contribution in [3.63, 3.8) is 0 Å². The van der Waals surface area contributed by atoms with Crippen molar-refractivity contribution in [2.24, 2.45) is 0 Å². The molecule has 26 heavy (non-hydrogen) atoms. The number of carboxylic acids is 1. The van der Waals surface area contributed by atoms with E-state index in [2.05, 4.69) is 38.1 Å². The van der Waals surface area contributed by atoms with Gasteiger partial charge in [0.15, 0.2) is 0 Å². The molecule has 1 saturated carbocycles.